The van der Waals surface area contributed by atoms with Crippen LogP contribution >= 0.6 is 12.4 Å². The second-order valence-corrected chi connectivity index (χ2v) is 5.89. The third-order valence-electron chi connectivity index (χ3n) is 3.92. The molecular weight excluding hydrogens is 272 g/mol. The SMILES string of the molecule is CC1CC(C)CN(C(=O)C(CN)c2ccccc2)C1.Cl. The average molecular weight is 297 g/mol. The molecule has 2 rings (SSSR count). The Labute approximate surface area is 127 Å². The van der Waals surface area contributed by atoms with Crippen LogP contribution in [0.4, 0.5) is 0 Å². The lowest BCUT2D eigenvalue weighted by molar-refractivity contribution is -0.135. The first-order chi connectivity index (χ1) is 9.11. The highest BCUT2D eigenvalue weighted by Crippen LogP contribution is 2.25. The molecule has 0 saturated carbocycles. The molecule has 3 atom stereocenters. The van der Waals surface area contributed by atoms with Crippen LogP contribution in [-0.2, 0) is 4.79 Å². The van der Waals surface area contributed by atoms with Crippen molar-refractivity contribution in [2.45, 2.75) is 26.2 Å². The van der Waals surface area contributed by atoms with E-state index in [9.17, 15) is 4.79 Å². The second kappa shape index (κ2) is 7.65. The van der Waals surface area contributed by atoms with Crippen LogP contribution in [0.25, 0.3) is 0 Å². The fourth-order valence-corrected chi connectivity index (χ4v) is 3.13. The van der Waals surface area contributed by atoms with Gasteiger partial charge in [0.15, 0.2) is 0 Å². The third-order valence-corrected chi connectivity index (χ3v) is 3.92. The number of halogens is 1. The van der Waals surface area contributed by atoms with Crippen molar-refractivity contribution in [3.8, 4) is 0 Å². The van der Waals surface area contributed by atoms with Crippen molar-refractivity contribution in [1.29, 1.82) is 0 Å². The van der Waals surface area contributed by atoms with Crippen LogP contribution in [0.5, 0.6) is 0 Å². The van der Waals surface area contributed by atoms with Gasteiger partial charge in [-0.15, -0.1) is 12.4 Å². The van der Waals surface area contributed by atoms with E-state index in [2.05, 4.69) is 13.8 Å². The summed E-state index contributed by atoms with van der Waals surface area (Å²) in [6.07, 6.45) is 1.21. The van der Waals surface area contributed by atoms with Gasteiger partial charge < -0.3 is 10.6 Å². The van der Waals surface area contributed by atoms with E-state index in [0.29, 0.717) is 18.4 Å². The van der Waals surface area contributed by atoms with E-state index in [0.717, 1.165) is 18.7 Å². The molecule has 2 N–H and O–H groups in total. The molecule has 4 heteroatoms. The summed E-state index contributed by atoms with van der Waals surface area (Å²) in [4.78, 5) is 14.7. The number of carbonyl (C=O) groups is 1. The molecule has 112 valence electrons. The van der Waals surface area contributed by atoms with Crippen LogP contribution in [-0.4, -0.2) is 30.4 Å². The van der Waals surface area contributed by atoms with Gasteiger partial charge >= 0.3 is 0 Å². The molecule has 0 bridgehead atoms. The Balaban J connectivity index is 0.00000200. The predicted octanol–water partition coefficient (Wildman–Crippen LogP) is 2.66. The number of amides is 1. The number of carbonyl (C=O) groups excluding carboxylic acids is 1. The summed E-state index contributed by atoms with van der Waals surface area (Å²) >= 11 is 0. The highest BCUT2D eigenvalue weighted by atomic mass is 35.5. The minimum Gasteiger partial charge on any atom is -0.342 e. The molecule has 1 aromatic carbocycles. The summed E-state index contributed by atoms with van der Waals surface area (Å²) < 4.78 is 0. The van der Waals surface area contributed by atoms with Gasteiger partial charge in [-0.3, -0.25) is 4.79 Å². The Morgan fingerprint density at radius 3 is 2.30 bits per heavy atom. The fourth-order valence-electron chi connectivity index (χ4n) is 3.13. The first-order valence-corrected chi connectivity index (χ1v) is 7.15. The third kappa shape index (κ3) is 3.97. The number of nitrogens with zero attached hydrogens (tertiary/aromatic N) is 1. The topological polar surface area (TPSA) is 46.3 Å². The smallest absolute Gasteiger partial charge is 0.231 e. The lowest BCUT2D eigenvalue weighted by Crippen LogP contribution is -2.45. The number of benzene rings is 1. The Morgan fingerprint density at radius 2 is 1.80 bits per heavy atom. The first kappa shape index (κ1) is 17.0. The standard InChI is InChI=1S/C16H24N2O.ClH/c1-12-8-13(2)11-18(10-12)16(19)15(9-17)14-6-4-3-5-7-14;/h3-7,12-13,15H,8-11,17H2,1-2H3;1H. The molecule has 1 saturated heterocycles. The van der Waals surface area contributed by atoms with Crippen LogP contribution in [0.15, 0.2) is 30.3 Å². The van der Waals surface area contributed by atoms with Crippen LogP contribution in [0.3, 0.4) is 0 Å². The largest absolute Gasteiger partial charge is 0.342 e. The molecule has 3 unspecified atom stereocenters. The number of piperidine rings is 1. The number of rotatable bonds is 3. The molecular formula is C16H25ClN2O. The van der Waals surface area contributed by atoms with Crippen molar-refractivity contribution >= 4 is 18.3 Å². The molecule has 20 heavy (non-hydrogen) atoms. The van der Waals surface area contributed by atoms with Crippen molar-refractivity contribution in [2.75, 3.05) is 19.6 Å². The predicted molar refractivity (Wildman–Crippen MR) is 85.0 cm³/mol. The number of nitrogens with two attached hydrogens (primary N) is 1. The zero-order valence-corrected chi connectivity index (χ0v) is 13.1. The molecule has 0 radical (unpaired) electrons. The maximum absolute atomic E-state index is 12.7. The zero-order chi connectivity index (χ0) is 13.8. The second-order valence-electron chi connectivity index (χ2n) is 5.89. The molecule has 1 aromatic rings. The van der Waals surface area contributed by atoms with E-state index in [1.807, 2.05) is 35.2 Å². The van der Waals surface area contributed by atoms with Crippen molar-refractivity contribution in [3.05, 3.63) is 35.9 Å². The van der Waals surface area contributed by atoms with E-state index in [1.54, 1.807) is 0 Å². The summed E-state index contributed by atoms with van der Waals surface area (Å²) in [5, 5.41) is 0. The van der Waals surface area contributed by atoms with Gasteiger partial charge in [-0.1, -0.05) is 44.2 Å². The van der Waals surface area contributed by atoms with Crippen molar-refractivity contribution in [3.63, 3.8) is 0 Å². The fraction of sp³-hybridized carbons (Fsp3) is 0.562. The number of likely N-dealkylation sites (tertiary alicyclic amines) is 1. The van der Waals surface area contributed by atoms with Gasteiger partial charge in [-0.05, 0) is 23.8 Å². The molecule has 0 spiro atoms. The zero-order valence-electron chi connectivity index (χ0n) is 12.3. The molecule has 0 aromatic heterocycles. The highest BCUT2D eigenvalue weighted by Gasteiger charge is 2.30. The van der Waals surface area contributed by atoms with E-state index < -0.39 is 0 Å². The normalized spacial score (nSPS) is 23.9. The Morgan fingerprint density at radius 1 is 1.25 bits per heavy atom. The molecule has 3 nitrogen and oxygen atoms in total. The Kier molecular flexibility index (Phi) is 6.50. The monoisotopic (exact) mass is 296 g/mol. The molecule has 1 aliphatic rings. The minimum absolute atomic E-state index is 0. The van der Waals surface area contributed by atoms with Gasteiger partial charge in [0.1, 0.15) is 0 Å². The summed E-state index contributed by atoms with van der Waals surface area (Å²) in [5.74, 6) is 1.16. The highest BCUT2D eigenvalue weighted by molar-refractivity contribution is 5.85. The minimum atomic E-state index is -0.196. The Hall–Kier alpha value is -1.06. The van der Waals surface area contributed by atoms with Crippen molar-refractivity contribution in [2.24, 2.45) is 17.6 Å². The maximum atomic E-state index is 12.7. The summed E-state index contributed by atoms with van der Waals surface area (Å²) in [6.45, 7) is 6.55. The summed E-state index contributed by atoms with van der Waals surface area (Å²) in [5.41, 5.74) is 6.86. The van der Waals surface area contributed by atoms with E-state index in [4.69, 9.17) is 5.73 Å². The van der Waals surface area contributed by atoms with Crippen LogP contribution in [0.2, 0.25) is 0 Å². The molecule has 1 fully saturated rings. The molecule has 1 aliphatic heterocycles. The lowest BCUT2D eigenvalue weighted by Gasteiger charge is -2.37. The molecule has 1 amide bonds. The molecule has 0 aliphatic carbocycles. The van der Waals surface area contributed by atoms with Crippen molar-refractivity contribution in [1.82, 2.24) is 4.90 Å². The average Bonchev–Trinajstić information content (AvgIpc) is 2.39. The Bertz CT molecular complexity index is 414. The van der Waals surface area contributed by atoms with Gasteiger partial charge in [0.05, 0.1) is 5.92 Å². The van der Waals surface area contributed by atoms with E-state index >= 15 is 0 Å². The lowest BCUT2D eigenvalue weighted by atomic mass is 9.90. The maximum Gasteiger partial charge on any atom is 0.231 e. The summed E-state index contributed by atoms with van der Waals surface area (Å²) in [6, 6.07) is 9.88. The summed E-state index contributed by atoms with van der Waals surface area (Å²) in [7, 11) is 0. The van der Waals surface area contributed by atoms with Crippen LogP contribution < -0.4 is 5.73 Å². The number of hydrogen-bond acceptors (Lipinski definition) is 2. The van der Waals surface area contributed by atoms with Gasteiger partial charge in [-0.2, -0.15) is 0 Å². The van der Waals surface area contributed by atoms with E-state index in [-0.39, 0.29) is 24.2 Å². The molecule has 1 heterocycles. The quantitative estimate of drug-likeness (QED) is 0.932. The van der Waals surface area contributed by atoms with Crippen LogP contribution in [0, 0.1) is 11.8 Å². The van der Waals surface area contributed by atoms with Gasteiger partial charge in [-0.25, -0.2) is 0 Å². The van der Waals surface area contributed by atoms with Gasteiger partial charge in [0, 0.05) is 19.6 Å². The number of hydrogen-bond donors (Lipinski definition) is 1. The van der Waals surface area contributed by atoms with Crippen LogP contribution in [0.1, 0.15) is 31.7 Å². The van der Waals surface area contributed by atoms with Gasteiger partial charge in [0.25, 0.3) is 0 Å². The van der Waals surface area contributed by atoms with E-state index in [1.165, 1.54) is 6.42 Å². The first-order valence-electron chi connectivity index (χ1n) is 7.15. The van der Waals surface area contributed by atoms with Crippen molar-refractivity contribution < 1.29 is 4.79 Å². The van der Waals surface area contributed by atoms with Gasteiger partial charge in [0.2, 0.25) is 5.91 Å².